The van der Waals surface area contributed by atoms with E-state index < -0.39 is 17.2 Å². The summed E-state index contributed by atoms with van der Waals surface area (Å²) in [7, 11) is 0. The van der Waals surface area contributed by atoms with E-state index in [1.165, 1.54) is 30.2 Å². The fourth-order valence-corrected chi connectivity index (χ4v) is 5.12. The maximum absolute atomic E-state index is 11.6. The maximum Gasteiger partial charge on any atom is 0.330 e. The van der Waals surface area contributed by atoms with Gasteiger partial charge in [-0.1, -0.05) is 26.3 Å². The Hall–Kier alpha value is -2.53. The van der Waals surface area contributed by atoms with E-state index in [9.17, 15) is 4.79 Å². The molecule has 32 heavy (non-hydrogen) atoms. The number of benzene rings is 1. The third-order valence-electron chi connectivity index (χ3n) is 5.21. The van der Waals surface area contributed by atoms with Crippen molar-refractivity contribution < 1.29 is 18.7 Å². The van der Waals surface area contributed by atoms with Crippen LogP contribution in [0.4, 0.5) is 0 Å². The average molecular weight is 455 g/mol. The molecule has 0 radical (unpaired) electrons. The van der Waals surface area contributed by atoms with E-state index in [2.05, 4.69) is 31.7 Å². The minimum Gasteiger partial charge on any atom is -0.488 e. The molecular weight excluding hydrogens is 420 g/mol. The molecule has 2 heterocycles. The van der Waals surface area contributed by atoms with Gasteiger partial charge in [-0.25, -0.2) is 4.79 Å². The van der Waals surface area contributed by atoms with Crippen LogP contribution in [0.3, 0.4) is 0 Å². The number of rotatable bonds is 11. The predicted octanol–water partition coefficient (Wildman–Crippen LogP) is 7.95. The van der Waals surface area contributed by atoms with E-state index in [4.69, 9.17) is 13.9 Å². The Kier molecular flexibility index (Phi) is 7.50. The molecule has 3 aromatic rings. The number of unbranched alkanes of at least 4 members (excludes halogenated alkanes) is 2. The molecule has 0 N–H and O–H groups in total. The van der Waals surface area contributed by atoms with Crippen molar-refractivity contribution in [1.82, 2.24) is 0 Å². The van der Waals surface area contributed by atoms with Gasteiger partial charge in [0.15, 0.2) is 0 Å². The van der Waals surface area contributed by atoms with Crippen molar-refractivity contribution >= 4 is 28.3 Å². The van der Waals surface area contributed by atoms with Crippen LogP contribution in [0.2, 0.25) is 0 Å². The lowest BCUT2D eigenvalue weighted by Crippen LogP contribution is -2.40. The molecule has 0 saturated carbocycles. The minimum atomic E-state index is -0.676. The zero-order chi connectivity index (χ0) is 23.4. The molecule has 0 bridgehead atoms. The van der Waals surface area contributed by atoms with Crippen molar-refractivity contribution in [3.05, 3.63) is 53.9 Å². The van der Waals surface area contributed by atoms with Gasteiger partial charge in [-0.15, -0.1) is 11.3 Å². The second kappa shape index (κ2) is 9.95. The van der Waals surface area contributed by atoms with Crippen LogP contribution >= 0.6 is 11.3 Å². The molecular formula is C27H34O4S. The molecule has 0 aliphatic rings. The smallest absolute Gasteiger partial charge is 0.330 e. The monoisotopic (exact) mass is 454 g/mol. The number of aryl methyl sites for hydroxylation is 1. The highest BCUT2D eigenvalue weighted by Crippen LogP contribution is 2.36. The average Bonchev–Trinajstić information content (AvgIpc) is 3.32. The fourth-order valence-electron chi connectivity index (χ4n) is 4.12. The predicted molar refractivity (Wildman–Crippen MR) is 132 cm³/mol. The largest absolute Gasteiger partial charge is 0.488 e. The Morgan fingerprint density at radius 2 is 1.88 bits per heavy atom. The molecule has 0 fully saturated rings. The van der Waals surface area contributed by atoms with Crippen molar-refractivity contribution in [3.8, 4) is 16.4 Å². The number of esters is 1. The van der Waals surface area contributed by atoms with Gasteiger partial charge < -0.3 is 13.9 Å². The van der Waals surface area contributed by atoms with E-state index in [-0.39, 0.29) is 0 Å². The fraction of sp³-hybridized carbons (Fsp3) is 0.444. The molecule has 0 saturated heterocycles. The van der Waals surface area contributed by atoms with E-state index in [1.807, 2.05) is 45.9 Å². The number of fused-ring (bicyclic) bond motifs is 1. The topological polar surface area (TPSA) is 48.7 Å². The Morgan fingerprint density at radius 3 is 2.59 bits per heavy atom. The van der Waals surface area contributed by atoms with Crippen LogP contribution in [-0.2, 0) is 16.0 Å². The van der Waals surface area contributed by atoms with Gasteiger partial charge in [0.25, 0.3) is 0 Å². The molecule has 0 aliphatic heterocycles. The molecule has 2 aromatic heterocycles. The van der Waals surface area contributed by atoms with Crippen LogP contribution in [0.1, 0.15) is 65.2 Å². The normalized spacial score (nSPS) is 12.2. The van der Waals surface area contributed by atoms with Crippen LogP contribution < -0.4 is 4.74 Å². The quantitative estimate of drug-likeness (QED) is 0.168. The third-order valence-corrected chi connectivity index (χ3v) is 6.37. The first-order valence-electron chi connectivity index (χ1n) is 11.3. The van der Waals surface area contributed by atoms with Crippen molar-refractivity contribution in [2.45, 2.75) is 77.9 Å². The standard InChI is InChI=1S/C27H34O4S/c1-7-9-10-11-21-14-15-24(32-21)23-16-19-12-13-20(17-22(19)29-23)30-26(3,4)18-27(5,6)31-25(28)8-2/h8,12-17H,2,7,9-11,18H2,1,3-6H3. The molecule has 172 valence electrons. The van der Waals surface area contributed by atoms with E-state index in [0.717, 1.165) is 33.8 Å². The first-order chi connectivity index (χ1) is 15.1. The van der Waals surface area contributed by atoms with E-state index >= 15 is 0 Å². The summed E-state index contributed by atoms with van der Waals surface area (Å²) in [5, 5.41) is 1.05. The number of furan rings is 1. The first kappa shape index (κ1) is 24.1. The Balaban J connectivity index is 1.72. The Morgan fingerprint density at radius 1 is 1.09 bits per heavy atom. The van der Waals surface area contributed by atoms with Gasteiger partial charge >= 0.3 is 5.97 Å². The lowest BCUT2D eigenvalue weighted by molar-refractivity contribution is -0.154. The van der Waals surface area contributed by atoms with Gasteiger partial charge in [0.2, 0.25) is 0 Å². The third kappa shape index (κ3) is 6.49. The summed E-state index contributed by atoms with van der Waals surface area (Å²) in [4.78, 5) is 14.2. The summed E-state index contributed by atoms with van der Waals surface area (Å²) >= 11 is 1.81. The molecule has 1 aromatic carbocycles. The van der Waals surface area contributed by atoms with Gasteiger partial charge in [0, 0.05) is 28.8 Å². The summed E-state index contributed by atoms with van der Waals surface area (Å²) in [6.07, 6.45) is 6.57. The summed E-state index contributed by atoms with van der Waals surface area (Å²) in [6, 6.07) is 12.4. The number of ether oxygens (including phenoxy) is 2. The van der Waals surface area contributed by atoms with Gasteiger partial charge in [-0.2, -0.15) is 0 Å². The lowest BCUT2D eigenvalue weighted by atomic mass is 9.92. The molecule has 4 nitrogen and oxygen atoms in total. The zero-order valence-electron chi connectivity index (χ0n) is 19.8. The SMILES string of the molecule is C=CC(=O)OC(C)(C)CC(C)(C)Oc1ccc2cc(-c3ccc(CCCCC)s3)oc2c1. The molecule has 0 amide bonds. The van der Waals surface area contributed by atoms with Gasteiger partial charge in [0.1, 0.15) is 28.3 Å². The highest BCUT2D eigenvalue weighted by atomic mass is 32.1. The van der Waals surface area contributed by atoms with Crippen LogP contribution in [0, 0.1) is 0 Å². The van der Waals surface area contributed by atoms with Crippen molar-refractivity contribution in [2.24, 2.45) is 0 Å². The van der Waals surface area contributed by atoms with E-state index in [1.54, 1.807) is 11.3 Å². The molecule has 3 rings (SSSR count). The van der Waals surface area contributed by atoms with Crippen LogP contribution in [0.25, 0.3) is 21.6 Å². The Labute approximate surface area is 195 Å². The van der Waals surface area contributed by atoms with Crippen molar-refractivity contribution in [2.75, 3.05) is 0 Å². The summed E-state index contributed by atoms with van der Waals surface area (Å²) in [5.41, 5.74) is -0.425. The number of carbonyl (C=O) groups excluding carboxylic acids is 1. The van der Waals surface area contributed by atoms with E-state index in [0.29, 0.717) is 6.42 Å². The Bertz CT molecular complexity index is 1070. The minimum absolute atomic E-state index is 0.433. The summed E-state index contributed by atoms with van der Waals surface area (Å²) in [5.74, 6) is 1.18. The summed E-state index contributed by atoms with van der Waals surface area (Å²) in [6.45, 7) is 13.4. The van der Waals surface area contributed by atoms with Crippen molar-refractivity contribution in [1.29, 1.82) is 0 Å². The number of hydrogen-bond acceptors (Lipinski definition) is 5. The number of hydrogen-bond donors (Lipinski definition) is 0. The first-order valence-corrected chi connectivity index (χ1v) is 12.1. The molecule has 0 atom stereocenters. The lowest BCUT2D eigenvalue weighted by Gasteiger charge is -2.34. The van der Waals surface area contributed by atoms with Crippen molar-refractivity contribution in [3.63, 3.8) is 0 Å². The molecule has 0 unspecified atom stereocenters. The van der Waals surface area contributed by atoms with Crippen LogP contribution in [0.15, 0.2) is 53.5 Å². The van der Waals surface area contributed by atoms with Gasteiger partial charge in [0.05, 0.1) is 4.88 Å². The van der Waals surface area contributed by atoms with Crippen LogP contribution in [-0.4, -0.2) is 17.2 Å². The molecule has 5 heteroatoms. The molecule has 0 aliphatic carbocycles. The maximum atomic E-state index is 11.6. The number of carbonyl (C=O) groups is 1. The van der Waals surface area contributed by atoms with Crippen LogP contribution in [0.5, 0.6) is 5.75 Å². The number of thiophene rings is 1. The summed E-state index contributed by atoms with van der Waals surface area (Å²) < 4.78 is 17.9. The highest BCUT2D eigenvalue weighted by Gasteiger charge is 2.33. The highest BCUT2D eigenvalue weighted by molar-refractivity contribution is 7.15. The second-order valence-electron chi connectivity index (χ2n) is 9.46. The second-order valence-corrected chi connectivity index (χ2v) is 10.6. The zero-order valence-corrected chi connectivity index (χ0v) is 20.6. The molecule has 0 spiro atoms. The van der Waals surface area contributed by atoms with Gasteiger partial charge in [-0.3, -0.25) is 0 Å². The van der Waals surface area contributed by atoms with Gasteiger partial charge in [-0.05, 0) is 70.9 Å².